The lowest BCUT2D eigenvalue weighted by atomic mass is 9.35. The minimum absolute atomic E-state index is 0.109. The first kappa shape index (κ1) is 21.9. The van der Waals surface area contributed by atoms with E-state index in [-0.39, 0.29) is 10.8 Å². The molecule has 0 amide bonds. The Balaban J connectivity index is 1.67. The number of rotatable bonds is 0. The molecule has 5 aliphatic rings. The Hall–Kier alpha value is -0.940. The van der Waals surface area contributed by atoms with Crippen molar-refractivity contribution in [1.29, 1.82) is 0 Å². The smallest absolute Gasteiger partial charge is 0.119 e. The fourth-order valence-electron chi connectivity index (χ4n) is 8.73. The third-order valence-electron chi connectivity index (χ3n) is 11.1. The molecule has 0 aromatic heterocycles. The Labute approximate surface area is 191 Å². The molecule has 0 aromatic carbocycles. The van der Waals surface area contributed by atoms with Crippen LogP contribution in [-0.2, 0) is 0 Å². The third kappa shape index (κ3) is 2.81. The van der Waals surface area contributed by atoms with Crippen LogP contribution in [0.25, 0.3) is 0 Å². The lowest BCUT2D eigenvalue weighted by Crippen LogP contribution is -2.60. The molecule has 3 saturated carbocycles. The number of allylic oxidation sites excluding steroid dienone is 7. The molecule has 31 heavy (non-hydrogen) atoms. The lowest BCUT2D eigenvalue weighted by Gasteiger charge is -2.69. The zero-order valence-electron chi connectivity index (χ0n) is 20.9. The van der Waals surface area contributed by atoms with Crippen LogP contribution in [-0.4, -0.2) is 17.6 Å². The lowest BCUT2D eigenvalue weighted by molar-refractivity contribution is -0.148. The van der Waals surface area contributed by atoms with Crippen LogP contribution in [0.1, 0.15) is 86.5 Å². The topological polar surface area (TPSA) is 20.2 Å². The molecule has 5 unspecified atom stereocenters. The first-order valence-electron chi connectivity index (χ1n) is 12.7. The van der Waals surface area contributed by atoms with Crippen molar-refractivity contribution in [2.45, 2.75) is 86.5 Å². The molecule has 0 radical (unpaired) electrons. The van der Waals surface area contributed by atoms with Gasteiger partial charge in [0.25, 0.3) is 0 Å². The van der Waals surface area contributed by atoms with Crippen molar-refractivity contribution in [3.63, 3.8) is 0 Å². The number of hydrogen-bond donors (Lipinski definition) is 1. The molecule has 0 saturated heterocycles. The molecule has 5 rings (SSSR count). The van der Waals surface area contributed by atoms with Gasteiger partial charge in [0.05, 0.1) is 0 Å². The molecule has 2 heteroatoms. The summed E-state index contributed by atoms with van der Waals surface area (Å²) >= 11 is 0. The molecule has 170 valence electrons. The molecule has 1 nitrogen and oxygen atoms in total. The van der Waals surface area contributed by atoms with E-state index in [1.54, 1.807) is 5.57 Å². The standard InChI is InChI=1S/C29H43OP/c1-19-10-11-26(3)12-14-28(5)24-9-8-21-20(2)23(30)18-31(7)17-22(21)27(24,4)13-15-29(28,6)25(26)16-19/h8-9,17-19,25,30-31H,10-16H2,1-7H3/t19?,25-,26-,27?,28?,29?/m1/s1. The quantitative estimate of drug-likeness (QED) is 0.377. The Morgan fingerprint density at radius 3 is 2.48 bits per heavy atom. The zero-order chi connectivity index (χ0) is 22.4. The summed E-state index contributed by atoms with van der Waals surface area (Å²) in [6.07, 6.45) is 14.4. The maximum Gasteiger partial charge on any atom is 0.119 e. The minimum atomic E-state index is -0.828. The van der Waals surface area contributed by atoms with E-state index in [0.717, 1.165) is 17.4 Å². The van der Waals surface area contributed by atoms with Crippen molar-refractivity contribution in [3.05, 3.63) is 46.0 Å². The highest BCUT2D eigenvalue weighted by Crippen LogP contribution is 2.74. The van der Waals surface area contributed by atoms with Crippen LogP contribution in [0.2, 0.25) is 0 Å². The van der Waals surface area contributed by atoms with Gasteiger partial charge in [-0.15, -0.1) is 0 Å². The van der Waals surface area contributed by atoms with E-state index < -0.39 is 7.55 Å². The molecule has 1 heterocycles. The Morgan fingerprint density at radius 2 is 1.74 bits per heavy atom. The van der Waals surface area contributed by atoms with Crippen molar-refractivity contribution in [2.24, 2.45) is 33.5 Å². The van der Waals surface area contributed by atoms with Crippen LogP contribution in [0, 0.1) is 33.5 Å². The molecule has 0 bridgehead atoms. The average molecular weight is 439 g/mol. The first-order chi connectivity index (χ1) is 14.4. The molecular formula is C29H43OP. The number of hydrogen-bond acceptors (Lipinski definition) is 1. The van der Waals surface area contributed by atoms with Crippen LogP contribution >= 0.6 is 7.55 Å². The summed E-state index contributed by atoms with van der Waals surface area (Å²) in [5.41, 5.74) is 6.88. The van der Waals surface area contributed by atoms with E-state index in [1.807, 2.05) is 0 Å². The molecule has 7 atom stereocenters. The molecule has 1 aliphatic heterocycles. The van der Waals surface area contributed by atoms with Gasteiger partial charge in [-0.2, -0.15) is 0 Å². The average Bonchev–Trinajstić information content (AvgIpc) is 2.82. The highest BCUT2D eigenvalue weighted by Gasteiger charge is 2.65. The highest BCUT2D eigenvalue weighted by atomic mass is 31.1. The van der Waals surface area contributed by atoms with Crippen LogP contribution in [0.5, 0.6) is 0 Å². The second kappa shape index (κ2) is 6.79. The maximum absolute atomic E-state index is 10.7. The van der Waals surface area contributed by atoms with E-state index >= 15 is 0 Å². The van der Waals surface area contributed by atoms with Gasteiger partial charge in [0, 0.05) is 5.41 Å². The van der Waals surface area contributed by atoms with Crippen LogP contribution in [0.4, 0.5) is 0 Å². The van der Waals surface area contributed by atoms with Gasteiger partial charge in [0.2, 0.25) is 0 Å². The van der Waals surface area contributed by atoms with Crippen LogP contribution in [0.3, 0.4) is 0 Å². The Bertz CT molecular complexity index is 992. The normalized spacial score (nSPS) is 49.3. The predicted molar refractivity (Wildman–Crippen MR) is 137 cm³/mol. The van der Waals surface area contributed by atoms with E-state index in [2.05, 4.69) is 72.0 Å². The van der Waals surface area contributed by atoms with Crippen molar-refractivity contribution >= 4 is 13.3 Å². The summed E-state index contributed by atoms with van der Waals surface area (Å²) in [7, 11) is -0.828. The van der Waals surface area contributed by atoms with Crippen molar-refractivity contribution in [3.8, 4) is 0 Å². The van der Waals surface area contributed by atoms with E-state index in [9.17, 15) is 5.11 Å². The Kier molecular flexibility index (Phi) is 4.79. The van der Waals surface area contributed by atoms with Gasteiger partial charge < -0.3 is 5.11 Å². The van der Waals surface area contributed by atoms with Gasteiger partial charge in [0.15, 0.2) is 0 Å². The van der Waals surface area contributed by atoms with Crippen LogP contribution in [0.15, 0.2) is 46.0 Å². The predicted octanol–water partition coefficient (Wildman–Crippen LogP) is 8.28. The number of aliphatic hydroxyl groups is 1. The molecule has 1 N–H and O–H groups in total. The molecule has 0 spiro atoms. The summed E-state index contributed by atoms with van der Waals surface area (Å²) in [6.45, 7) is 17.4. The van der Waals surface area contributed by atoms with E-state index in [0.29, 0.717) is 16.6 Å². The summed E-state index contributed by atoms with van der Waals surface area (Å²) in [6, 6.07) is 0. The second-order valence-corrected chi connectivity index (χ2v) is 14.9. The Morgan fingerprint density at radius 1 is 1.00 bits per heavy atom. The highest BCUT2D eigenvalue weighted by molar-refractivity contribution is 7.60. The fourth-order valence-corrected chi connectivity index (χ4v) is 10.4. The van der Waals surface area contributed by atoms with Crippen LogP contribution < -0.4 is 0 Å². The second-order valence-electron chi connectivity index (χ2n) is 12.8. The third-order valence-corrected chi connectivity index (χ3v) is 12.5. The fraction of sp³-hybridized carbons (Fsp3) is 0.690. The molecule has 3 fully saturated rings. The maximum atomic E-state index is 10.7. The minimum Gasteiger partial charge on any atom is -0.508 e. The summed E-state index contributed by atoms with van der Waals surface area (Å²) in [5.74, 6) is 6.90. The number of fused-ring (bicyclic) bond motifs is 7. The molecule has 4 aliphatic carbocycles. The van der Waals surface area contributed by atoms with Gasteiger partial charge in [0.1, 0.15) is 5.76 Å². The first-order valence-corrected chi connectivity index (χ1v) is 14.8. The molecule has 0 aromatic rings. The van der Waals surface area contributed by atoms with Gasteiger partial charge >= 0.3 is 0 Å². The monoisotopic (exact) mass is 438 g/mol. The van der Waals surface area contributed by atoms with E-state index in [4.69, 9.17) is 0 Å². The zero-order valence-corrected chi connectivity index (χ0v) is 21.9. The van der Waals surface area contributed by atoms with Gasteiger partial charge in [-0.3, -0.25) is 0 Å². The van der Waals surface area contributed by atoms with Crippen molar-refractivity contribution < 1.29 is 5.11 Å². The largest absolute Gasteiger partial charge is 0.508 e. The van der Waals surface area contributed by atoms with Gasteiger partial charge in [-0.25, -0.2) is 0 Å². The van der Waals surface area contributed by atoms with Gasteiger partial charge in [-0.05, 0) is 103 Å². The number of aliphatic hydroxyl groups excluding tert-OH is 1. The van der Waals surface area contributed by atoms with Crippen molar-refractivity contribution in [2.75, 3.05) is 6.66 Å². The van der Waals surface area contributed by atoms with E-state index in [1.165, 1.54) is 56.1 Å². The summed E-state index contributed by atoms with van der Waals surface area (Å²) in [4.78, 5) is 0. The SMILES string of the molecule is CC1=C(O)C=[PH](C)C=C2C1=CC=C1C2(C)CCC2(C)[C@@H]3CC(C)CC[C@]3(C)CCC12C. The van der Waals surface area contributed by atoms with Gasteiger partial charge in [-0.1, -0.05) is 72.1 Å². The van der Waals surface area contributed by atoms with Crippen molar-refractivity contribution in [1.82, 2.24) is 0 Å². The molecular weight excluding hydrogens is 395 g/mol. The summed E-state index contributed by atoms with van der Waals surface area (Å²) < 4.78 is 0. The summed E-state index contributed by atoms with van der Waals surface area (Å²) in [5, 5.41) is 10.7.